The summed E-state index contributed by atoms with van der Waals surface area (Å²) in [5.74, 6) is -1.04. The van der Waals surface area contributed by atoms with E-state index < -0.39 is 48.2 Å². The maximum atomic E-state index is 14.2. The van der Waals surface area contributed by atoms with Crippen molar-refractivity contribution in [3.63, 3.8) is 0 Å². The number of rotatable bonds is 11. The first-order valence-electron chi connectivity index (χ1n) is 13.8. The average Bonchev–Trinajstić information content (AvgIpc) is 3.43. The predicted molar refractivity (Wildman–Crippen MR) is 151 cm³/mol. The van der Waals surface area contributed by atoms with Gasteiger partial charge in [-0.1, -0.05) is 42.5 Å². The number of benzene rings is 2. The number of carbonyl (C=O) groups is 4. The third-order valence-electron chi connectivity index (χ3n) is 6.51. The molecule has 0 bridgehead atoms. The summed E-state index contributed by atoms with van der Waals surface area (Å²) < 4.78 is 21.5. The van der Waals surface area contributed by atoms with Crippen LogP contribution < -0.4 is 4.74 Å². The van der Waals surface area contributed by atoms with E-state index in [1.807, 2.05) is 30.3 Å². The summed E-state index contributed by atoms with van der Waals surface area (Å²) in [6.45, 7) is 6.77. The van der Waals surface area contributed by atoms with Crippen LogP contribution in [0.2, 0.25) is 0 Å². The standard InChI is InChI=1S/C31H40N2O8/c1-6-39-27(34)20-33(30(37)41-31(2,3)4)26(19-22-14-16-24(38-5)17-15-22)28(35)32-18-10-13-25(32)29(36)40-21-23-11-8-7-9-12-23/h7-9,11-12,14-17,25-26H,6,10,13,18-21H2,1-5H3/t25-,26+/m0/s1. The molecule has 1 heterocycles. The second kappa shape index (κ2) is 14.5. The van der Waals surface area contributed by atoms with Crippen LogP contribution in [0.5, 0.6) is 5.75 Å². The molecule has 1 aliphatic rings. The number of nitrogens with zero attached hydrogens (tertiary/aromatic N) is 2. The molecule has 2 amide bonds. The minimum atomic E-state index is -1.15. The Morgan fingerprint density at radius 2 is 1.66 bits per heavy atom. The summed E-state index contributed by atoms with van der Waals surface area (Å²) >= 11 is 0. The Bertz CT molecular complexity index is 1180. The smallest absolute Gasteiger partial charge is 0.411 e. The van der Waals surface area contributed by atoms with Crippen molar-refractivity contribution in [2.45, 2.75) is 71.2 Å². The molecule has 0 saturated carbocycles. The van der Waals surface area contributed by atoms with Crippen LogP contribution in [0, 0.1) is 0 Å². The first-order chi connectivity index (χ1) is 19.5. The zero-order valence-corrected chi connectivity index (χ0v) is 24.5. The molecule has 10 nitrogen and oxygen atoms in total. The number of carbonyl (C=O) groups excluding carboxylic acids is 4. The number of amides is 2. The highest BCUT2D eigenvalue weighted by molar-refractivity contribution is 5.91. The number of hydrogen-bond acceptors (Lipinski definition) is 8. The van der Waals surface area contributed by atoms with E-state index in [4.69, 9.17) is 18.9 Å². The van der Waals surface area contributed by atoms with Gasteiger partial charge in [0.25, 0.3) is 0 Å². The molecule has 1 aliphatic heterocycles. The molecular formula is C31H40N2O8. The molecule has 0 aliphatic carbocycles. The van der Waals surface area contributed by atoms with Gasteiger partial charge in [0.1, 0.15) is 36.6 Å². The van der Waals surface area contributed by atoms with Gasteiger partial charge in [0, 0.05) is 13.0 Å². The summed E-state index contributed by atoms with van der Waals surface area (Å²) in [6, 6.07) is 14.4. The molecule has 41 heavy (non-hydrogen) atoms. The number of likely N-dealkylation sites (tertiary alicyclic amines) is 1. The van der Waals surface area contributed by atoms with E-state index in [-0.39, 0.29) is 19.6 Å². The number of hydrogen-bond donors (Lipinski definition) is 0. The zero-order valence-electron chi connectivity index (χ0n) is 24.5. The molecule has 0 radical (unpaired) electrons. The molecule has 2 atom stereocenters. The lowest BCUT2D eigenvalue weighted by atomic mass is 10.0. The summed E-state index contributed by atoms with van der Waals surface area (Å²) in [5.41, 5.74) is 0.679. The Morgan fingerprint density at radius 3 is 2.27 bits per heavy atom. The van der Waals surface area contributed by atoms with Crippen molar-refractivity contribution in [3.8, 4) is 5.75 Å². The molecule has 10 heteroatoms. The van der Waals surface area contributed by atoms with Crippen LogP contribution in [0.4, 0.5) is 4.79 Å². The van der Waals surface area contributed by atoms with Crippen LogP contribution in [-0.2, 0) is 41.6 Å². The topological polar surface area (TPSA) is 112 Å². The minimum absolute atomic E-state index is 0.0732. The Hall–Kier alpha value is -4.08. The van der Waals surface area contributed by atoms with Gasteiger partial charge >= 0.3 is 18.0 Å². The Labute approximate surface area is 241 Å². The number of ether oxygens (including phenoxy) is 4. The lowest BCUT2D eigenvalue weighted by Gasteiger charge is -2.35. The molecule has 3 rings (SSSR count). The van der Waals surface area contributed by atoms with Crippen molar-refractivity contribution in [1.29, 1.82) is 0 Å². The normalized spacial score (nSPS) is 15.5. The molecule has 222 valence electrons. The van der Waals surface area contributed by atoms with Crippen molar-refractivity contribution in [1.82, 2.24) is 9.80 Å². The fourth-order valence-electron chi connectivity index (χ4n) is 4.58. The molecule has 0 N–H and O–H groups in total. The van der Waals surface area contributed by atoms with E-state index in [0.717, 1.165) is 16.0 Å². The second-order valence-electron chi connectivity index (χ2n) is 10.8. The summed E-state index contributed by atoms with van der Waals surface area (Å²) in [4.78, 5) is 55.9. The second-order valence-corrected chi connectivity index (χ2v) is 10.8. The first kappa shape index (κ1) is 31.4. The quantitative estimate of drug-likeness (QED) is 0.294. The van der Waals surface area contributed by atoms with Gasteiger partial charge in [-0.2, -0.15) is 0 Å². The highest BCUT2D eigenvalue weighted by Crippen LogP contribution is 2.25. The Morgan fingerprint density at radius 1 is 0.976 bits per heavy atom. The van der Waals surface area contributed by atoms with Crippen molar-refractivity contribution in [3.05, 3.63) is 65.7 Å². The van der Waals surface area contributed by atoms with Gasteiger partial charge in [0.2, 0.25) is 5.91 Å². The van der Waals surface area contributed by atoms with Crippen LogP contribution in [-0.4, -0.2) is 78.2 Å². The maximum Gasteiger partial charge on any atom is 0.411 e. The van der Waals surface area contributed by atoms with Gasteiger partial charge < -0.3 is 23.8 Å². The van der Waals surface area contributed by atoms with Crippen LogP contribution in [0.3, 0.4) is 0 Å². The maximum absolute atomic E-state index is 14.2. The SMILES string of the molecule is CCOC(=O)CN(C(=O)OC(C)(C)C)[C@H](Cc1ccc(OC)cc1)C(=O)N1CCC[C@H]1C(=O)OCc1ccccc1. The zero-order chi connectivity index (χ0) is 30.0. The summed E-state index contributed by atoms with van der Waals surface area (Å²) in [5, 5.41) is 0. The molecular weight excluding hydrogens is 528 g/mol. The molecule has 0 unspecified atom stereocenters. The van der Waals surface area contributed by atoms with Gasteiger partial charge in [-0.3, -0.25) is 14.5 Å². The van der Waals surface area contributed by atoms with E-state index >= 15 is 0 Å². The van der Waals surface area contributed by atoms with Gasteiger partial charge in [0.05, 0.1) is 13.7 Å². The molecule has 0 aromatic heterocycles. The van der Waals surface area contributed by atoms with Crippen molar-refractivity contribution < 1.29 is 38.1 Å². The van der Waals surface area contributed by atoms with E-state index in [0.29, 0.717) is 25.1 Å². The molecule has 1 saturated heterocycles. The van der Waals surface area contributed by atoms with Gasteiger partial charge in [0.15, 0.2) is 0 Å². The third-order valence-corrected chi connectivity index (χ3v) is 6.51. The molecule has 1 fully saturated rings. The average molecular weight is 569 g/mol. The van der Waals surface area contributed by atoms with Crippen molar-refractivity contribution >= 4 is 23.9 Å². The number of methoxy groups -OCH3 is 1. The monoisotopic (exact) mass is 568 g/mol. The first-order valence-corrected chi connectivity index (χ1v) is 13.8. The van der Waals surface area contributed by atoms with Crippen LogP contribution >= 0.6 is 0 Å². The predicted octanol–water partition coefficient (Wildman–Crippen LogP) is 4.14. The van der Waals surface area contributed by atoms with Crippen molar-refractivity contribution in [2.75, 3.05) is 26.8 Å². The van der Waals surface area contributed by atoms with Gasteiger partial charge in [-0.15, -0.1) is 0 Å². The van der Waals surface area contributed by atoms with Crippen molar-refractivity contribution in [2.24, 2.45) is 0 Å². The van der Waals surface area contributed by atoms with E-state index in [1.165, 1.54) is 4.90 Å². The molecule has 2 aromatic rings. The van der Waals surface area contributed by atoms with E-state index in [1.54, 1.807) is 59.1 Å². The largest absolute Gasteiger partial charge is 0.497 e. The molecule has 0 spiro atoms. The molecule has 2 aromatic carbocycles. The van der Waals surface area contributed by atoms with Crippen LogP contribution in [0.25, 0.3) is 0 Å². The summed E-state index contributed by atoms with van der Waals surface area (Å²) in [6.07, 6.45) is 0.263. The van der Waals surface area contributed by atoms with Gasteiger partial charge in [-0.05, 0) is 63.8 Å². The Kier molecular flexibility index (Phi) is 11.1. The fraction of sp³-hybridized carbons (Fsp3) is 0.484. The lowest BCUT2D eigenvalue weighted by Crippen LogP contribution is -2.56. The highest BCUT2D eigenvalue weighted by Gasteiger charge is 2.42. The van der Waals surface area contributed by atoms with Crippen LogP contribution in [0.1, 0.15) is 51.7 Å². The van der Waals surface area contributed by atoms with Gasteiger partial charge in [-0.25, -0.2) is 9.59 Å². The minimum Gasteiger partial charge on any atom is -0.497 e. The third kappa shape index (κ3) is 9.23. The Balaban J connectivity index is 1.92. The van der Waals surface area contributed by atoms with E-state index in [2.05, 4.69) is 0 Å². The highest BCUT2D eigenvalue weighted by atomic mass is 16.6. The summed E-state index contributed by atoms with van der Waals surface area (Å²) in [7, 11) is 1.55. The number of esters is 2. The lowest BCUT2D eigenvalue weighted by molar-refractivity contribution is -0.157. The van der Waals surface area contributed by atoms with E-state index in [9.17, 15) is 19.2 Å². The fourth-order valence-corrected chi connectivity index (χ4v) is 4.58. The van der Waals surface area contributed by atoms with Crippen LogP contribution in [0.15, 0.2) is 54.6 Å².